The number of aryl methyl sites for hydroxylation is 2. The van der Waals surface area contributed by atoms with Crippen molar-refractivity contribution in [2.75, 3.05) is 11.9 Å². The molecule has 2 rings (SSSR count). The van der Waals surface area contributed by atoms with Gasteiger partial charge in [0.2, 0.25) is 5.91 Å². The number of hydrogen-bond acceptors (Lipinski definition) is 3. The van der Waals surface area contributed by atoms with E-state index in [-0.39, 0.29) is 11.8 Å². The second-order valence-electron chi connectivity index (χ2n) is 5.32. The van der Waals surface area contributed by atoms with Crippen molar-refractivity contribution in [2.24, 2.45) is 5.92 Å². The highest BCUT2D eigenvalue weighted by molar-refractivity contribution is 5.94. The van der Waals surface area contributed by atoms with Crippen LogP contribution in [-0.4, -0.2) is 27.7 Å². The van der Waals surface area contributed by atoms with Crippen molar-refractivity contribution in [3.8, 4) is 5.69 Å². The Labute approximate surface area is 119 Å². The molecule has 106 valence electrons. The Hall–Kier alpha value is -2.17. The van der Waals surface area contributed by atoms with Crippen molar-refractivity contribution in [1.82, 2.24) is 14.8 Å². The summed E-state index contributed by atoms with van der Waals surface area (Å²) in [5.41, 5.74) is 3.61. The van der Waals surface area contributed by atoms with Crippen molar-refractivity contribution in [3.63, 3.8) is 0 Å². The molecule has 0 unspecified atom stereocenters. The van der Waals surface area contributed by atoms with Crippen LogP contribution in [0.4, 0.5) is 5.69 Å². The SMILES string of the molecule is Cc1cncc(-n2cc(N(C)C(=O)C(C)C)c(C)n2)c1. The van der Waals surface area contributed by atoms with Crippen LogP contribution in [0.1, 0.15) is 25.1 Å². The van der Waals surface area contributed by atoms with Crippen molar-refractivity contribution in [3.05, 3.63) is 35.9 Å². The van der Waals surface area contributed by atoms with Gasteiger partial charge in [0.05, 0.1) is 29.5 Å². The molecule has 0 radical (unpaired) electrons. The number of amides is 1. The number of pyridine rings is 1. The van der Waals surface area contributed by atoms with E-state index in [1.165, 1.54) is 0 Å². The minimum Gasteiger partial charge on any atom is -0.312 e. The van der Waals surface area contributed by atoms with Gasteiger partial charge in [0.25, 0.3) is 0 Å². The number of aromatic nitrogens is 3. The third kappa shape index (κ3) is 2.71. The van der Waals surface area contributed by atoms with Crippen molar-refractivity contribution in [2.45, 2.75) is 27.7 Å². The quantitative estimate of drug-likeness (QED) is 0.862. The molecule has 2 aromatic heterocycles. The summed E-state index contributed by atoms with van der Waals surface area (Å²) >= 11 is 0. The molecule has 2 heterocycles. The fraction of sp³-hybridized carbons (Fsp3) is 0.400. The monoisotopic (exact) mass is 272 g/mol. The van der Waals surface area contributed by atoms with E-state index in [9.17, 15) is 4.79 Å². The zero-order valence-electron chi connectivity index (χ0n) is 12.6. The molecular weight excluding hydrogens is 252 g/mol. The Kier molecular flexibility index (Phi) is 3.88. The second kappa shape index (κ2) is 5.45. The van der Waals surface area contributed by atoms with Gasteiger partial charge in [0.1, 0.15) is 0 Å². The molecule has 0 aliphatic rings. The molecule has 5 nitrogen and oxygen atoms in total. The molecule has 0 saturated heterocycles. The van der Waals surface area contributed by atoms with Crippen LogP contribution in [0, 0.1) is 19.8 Å². The van der Waals surface area contributed by atoms with Crippen LogP contribution in [0.15, 0.2) is 24.7 Å². The molecule has 0 atom stereocenters. The lowest BCUT2D eigenvalue weighted by Crippen LogP contribution is -2.30. The van der Waals surface area contributed by atoms with Crippen molar-refractivity contribution < 1.29 is 4.79 Å². The van der Waals surface area contributed by atoms with Gasteiger partial charge in [-0.05, 0) is 25.5 Å². The molecule has 0 spiro atoms. The van der Waals surface area contributed by atoms with Crippen LogP contribution in [0.25, 0.3) is 5.69 Å². The van der Waals surface area contributed by atoms with Gasteiger partial charge in [0.15, 0.2) is 0 Å². The third-order valence-electron chi connectivity index (χ3n) is 3.18. The summed E-state index contributed by atoms with van der Waals surface area (Å²) in [6.07, 6.45) is 5.43. The van der Waals surface area contributed by atoms with Crippen LogP contribution in [0.3, 0.4) is 0 Å². The Balaban J connectivity index is 2.37. The molecule has 2 aromatic rings. The minimum atomic E-state index is -0.0385. The van der Waals surface area contributed by atoms with E-state index >= 15 is 0 Å². The fourth-order valence-electron chi connectivity index (χ4n) is 2.08. The van der Waals surface area contributed by atoms with E-state index in [0.29, 0.717) is 0 Å². The summed E-state index contributed by atoms with van der Waals surface area (Å²) in [6, 6.07) is 2.01. The molecule has 0 fully saturated rings. The third-order valence-corrected chi connectivity index (χ3v) is 3.18. The smallest absolute Gasteiger partial charge is 0.229 e. The average Bonchev–Trinajstić information content (AvgIpc) is 2.79. The van der Waals surface area contributed by atoms with Gasteiger partial charge >= 0.3 is 0 Å². The van der Waals surface area contributed by atoms with E-state index in [4.69, 9.17) is 0 Å². The molecule has 1 amide bonds. The predicted molar refractivity (Wildman–Crippen MR) is 79.1 cm³/mol. The molecule has 0 bridgehead atoms. The summed E-state index contributed by atoms with van der Waals surface area (Å²) in [7, 11) is 1.78. The van der Waals surface area contributed by atoms with Crippen molar-refractivity contribution in [1.29, 1.82) is 0 Å². The normalized spacial score (nSPS) is 10.9. The summed E-state index contributed by atoms with van der Waals surface area (Å²) in [5, 5.41) is 4.47. The molecule has 0 aliphatic heterocycles. The number of carbonyl (C=O) groups excluding carboxylic acids is 1. The Morgan fingerprint density at radius 2 is 2.00 bits per heavy atom. The molecule has 0 saturated carbocycles. The lowest BCUT2D eigenvalue weighted by molar-refractivity contribution is -0.121. The van der Waals surface area contributed by atoms with Gasteiger partial charge in [-0.15, -0.1) is 0 Å². The fourth-order valence-corrected chi connectivity index (χ4v) is 2.08. The van der Waals surface area contributed by atoms with Crippen LogP contribution in [0.5, 0.6) is 0 Å². The number of nitrogens with zero attached hydrogens (tertiary/aromatic N) is 4. The number of carbonyl (C=O) groups is 1. The zero-order valence-corrected chi connectivity index (χ0v) is 12.6. The van der Waals surface area contributed by atoms with Crippen molar-refractivity contribution >= 4 is 11.6 Å². The molecule has 5 heteroatoms. The maximum atomic E-state index is 12.1. The summed E-state index contributed by atoms with van der Waals surface area (Å²) < 4.78 is 1.76. The van der Waals surface area contributed by atoms with Gasteiger partial charge in [-0.3, -0.25) is 9.78 Å². The van der Waals surface area contributed by atoms with Gasteiger partial charge in [0, 0.05) is 19.2 Å². The molecule has 20 heavy (non-hydrogen) atoms. The number of anilines is 1. The van der Waals surface area contributed by atoms with Gasteiger partial charge in [-0.25, -0.2) is 4.68 Å². The minimum absolute atomic E-state index is 0.0385. The standard InChI is InChI=1S/C15H20N4O/c1-10(2)15(20)18(5)14-9-19(17-12(14)4)13-6-11(3)7-16-8-13/h6-10H,1-5H3. The predicted octanol–water partition coefficient (Wildman–Crippen LogP) is 2.50. The zero-order chi connectivity index (χ0) is 14.9. The van der Waals surface area contributed by atoms with Crippen LogP contribution >= 0.6 is 0 Å². The highest BCUT2D eigenvalue weighted by Gasteiger charge is 2.19. The summed E-state index contributed by atoms with van der Waals surface area (Å²) in [6.45, 7) is 7.67. The number of rotatable bonds is 3. The molecule has 0 aromatic carbocycles. The average molecular weight is 272 g/mol. The highest BCUT2D eigenvalue weighted by Crippen LogP contribution is 2.21. The molecular formula is C15H20N4O. The Morgan fingerprint density at radius 3 is 2.60 bits per heavy atom. The van der Waals surface area contributed by atoms with Gasteiger partial charge in [-0.2, -0.15) is 5.10 Å². The first-order valence-corrected chi connectivity index (χ1v) is 6.66. The highest BCUT2D eigenvalue weighted by atomic mass is 16.2. The van der Waals surface area contributed by atoms with E-state index in [0.717, 1.165) is 22.6 Å². The van der Waals surface area contributed by atoms with E-state index in [2.05, 4.69) is 10.1 Å². The van der Waals surface area contributed by atoms with Crippen LogP contribution in [-0.2, 0) is 4.79 Å². The Bertz CT molecular complexity index is 631. The van der Waals surface area contributed by atoms with Crippen LogP contribution < -0.4 is 4.90 Å². The maximum Gasteiger partial charge on any atom is 0.229 e. The largest absolute Gasteiger partial charge is 0.312 e. The summed E-state index contributed by atoms with van der Waals surface area (Å²) in [4.78, 5) is 17.9. The van der Waals surface area contributed by atoms with Gasteiger partial charge < -0.3 is 4.90 Å². The molecule has 0 N–H and O–H groups in total. The number of hydrogen-bond donors (Lipinski definition) is 0. The summed E-state index contributed by atoms with van der Waals surface area (Å²) in [5.74, 6) is 0.0402. The molecule has 0 aliphatic carbocycles. The van der Waals surface area contributed by atoms with E-state index in [1.54, 1.807) is 29.0 Å². The first-order chi connectivity index (χ1) is 9.40. The van der Waals surface area contributed by atoms with Crippen LogP contribution in [0.2, 0.25) is 0 Å². The van der Waals surface area contributed by atoms with E-state index in [1.807, 2.05) is 40.0 Å². The lowest BCUT2D eigenvalue weighted by Gasteiger charge is -2.18. The lowest BCUT2D eigenvalue weighted by atomic mass is 10.2. The first-order valence-electron chi connectivity index (χ1n) is 6.66. The first kappa shape index (κ1) is 14.2. The maximum absolute atomic E-state index is 12.1. The topological polar surface area (TPSA) is 51.0 Å². The second-order valence-corrected chi connectivity index (χ2v) is 5.32. The van der Waals surface area contributed by atoms with E-state index < -0.39 is 0 Å². The van der Waals surface area contributed by atoms with Gasteiger partial charge in [-0.1, -0.05) is 13.8 Å². The Morgan fingerprint density at radius 1 is 1.30 bits per heavy atom.